The van der Waals surface area contributed by atoms with Crippen LogP contribution in [0.5, 0.6) is 11.5 Å². The zero-order chi connectivity index (χ0) is 21.6. The molecule has 0 bridgehead atoms. The molecule has 2 aromatic rings. The van der Waals surface area contributed by atoms with Crippen LogP contribution in [-0.2, 0) is 4.79 Å². The smallest absolute Gasteiger partial charge is 0.251 e. The van der Waals surface area contributed by atoms with E-state index in [1.54, 1.807) is 19.2 Å². The van der Waals surface area contributed by atoms with Gasteiger partial charge in [0.2, 0.25) is 5.91 Å². The third-order valence-electron chi connectivity index (χ3n) is 5.49. The lowest BCUT2D eigenvalue weighted by molar-refractivity contribution is -0.118. The predicted molar refractivity (Wildman–Crippen MR) is 118 cm³/mol. The number of hydrogen-bond donors (Lipinski definition) is 3. The van der Waals surface area contributed by atoms with E-state index in [9.17, 15) is 9.59 Å². The minimum Gasteiger partial charge on any atom is -0.490 e. The van der Waals surface area contributed by atoms with Crippen LogP contribution in [0.25, 0.3) is 0 Å². The maximum absolute atomic E-state index is 12.8. The predicted octanol–water partition coefficient (Wildman–Crippen LogP) is 1.79. The van der Waals surface area contributed by atoms with Gasteiger partial charge in [0, 0.05) is 56.5 Å². The maximum Gasteiger partial charge on any atom is 0.251 e. The van der Waals surface area contributed by atoms with Gasteiger partial charge in [-0.1, -0.05) is 12.1 Å². The third kappa shape index (κ3) is 5.15. The zero-order valence-corrected chi connectivity index (χ0v) is 17.6. The molecule has 0 radical (unpaired) electrons. The van der Waals surface area contributed by atoms with Gasteiger partial charge in [0.25, 0.3) is 5.91 Å². The van der Waals surface area contributed by atoms with Gasteiger partial charge in [-0.05, 0) is 29.8 Å². The minimum atomic E-state index is -0.121. The van der Waals surface area contributed by atoms with Gasteiger partial charge in [-0.3, -0.25) is 14.5 Å². The molecule has 2 aromatic carbocycles. The van der Waals surface area contributed by atoms with Gasteiger partial charge in [0.05, 0.1) is 19.8 Å². The van der Waals surface area contributed by atoms with Crippen LogP contribution in [0.2, 0.25) is 0 Å². The first-order chi connectivity index (χ1) is 15.1. The number of carbonyl (C=O) groups excluding carboxylic acids is 2. The van der Waals surface area contributed by atoms with Gasteiger partial charge in [0.15, 0.2) is 11.5 Å². The number of rotatable bonds is 5. The van der Waals surface area contributed by atoms with Crippen LogP contribution in [0.1, 0.15) is 28.4 Å². The minimum absolute atomic E-state index is 0.00730. The van der Waals surface area contributed by atoms with Crippen LogP contribution in [0.3, 0.4) is 0 Å². The lowest BCUT2D eigenvalue weighted by Crippen LogP contribution is -2.48. The fourth-order valence-corrected chi connectivity index (χ4v) is 3.92. The highest BCUT2D eigenvalue weighted by molar-refractivity contribution is 5.94. The number of benzene rings is 2. The molecular weight excluding hydrogens is 396 g/mol. The molecule has 2 heterocycles. The summed E-state index contributed by atoms with van der Waals surface area (Å²) in [6.45, 7) is 3.75. The van der Waals surface area contributed by atoms with Crippen molar-refractivity contribution in [1.82, 2.24) is 15.5 Å². The van der Waals surface area contributed by atoms with Gasteiger partial charge in [-0.25, -0.2) is 0 Å². The molecule has 1 fully saturated rings. The number of nitrogens with one attached hydrogen (secondary N) is 3. The fraction of sp³-hybridized carbons (Fsp3) is 0.391. The summed E-state index contributed by atoms with van der Waals surface area (Å²) in [4.78, 5) is 27.0. The van der Waals surface area contributed by atoms with Crippen molar-refractivity contribution in [1.29, 1.82) is 0 Å². The maximum atomic E-state index is 12.8. The van der Waals surface area contributed by atoms with Gasteiger partial charge in [-0.2, -0.15) is 0 Å². The molecule has 2 amide bonds. The van der Waals surface area contributed by atoms with Crippen LogP contribution < -0.4 is 25.4 Å². The quantitative estimate of drug-likeness (QED) is 0.678. The normalized spacial score (nSPS) is 18.7. The van der Waals surface area contributed by atoms with E-state index in [1.807, 2.05) is 30.3 Å². The Morgan fingerprint density at radius 1 is 1.13 bits per heavy atom. The largest absolute Gasteiger partial charge is 0.490 e. The summed E-state index contributed by atoms with van der Waals surface area (Å²) in [7, 11) is 1.62. The highest BCUT2D eigenvalue weighted by atomic mass is 16.5. The lowest BCUT2D eigenvalue weighted by atomic mass is 10.0. The Balaban J connectivity index is 1.44. The number of fused-ring (bicyclic) bond motifs is 1. The topological polar surface area (TPSA) is 91.9 Å². The van der Waals surface area contributed by atoms with Crippen molar-refractivity contribution < 1.29 is 19.1 Å². The molecule has 1 atom stereocenters. The Kier molecular flexibility index (Phi) is 6.69. The number of carbonyl (C=O) groups is 2. The number of ether oxygens (including phenoxy) is 2. The molecule has 31 heavy (non-hydrogen) atoms. The van der Waals surface area contributed by atoms with Gasteiger partial charge >= 0.3 is 0 Å². The highest BCUT2D eigenvalue weighted by Crippen LogP contribution is 2.32. The molecule has 0 saturated carbocycles. The molecule has 2 aliphatic rings. The summed E-state index contributed by atoms with van der Waals surface area (Å²) in [5.74, 6) is 1.14. The average Bonchev–Trinajstić information content (AvgIpc) is 3.04. The van der Waals surface area contributed by atoms with E-state index in [0.29, 0.717) is 42.5 Å². The van der Waals surface area contributed by atoms with E-state index in [2.05, 4.69) is 20.9 Å². The number of nitrogens with zero attached hydrogens (tertiary/aromatic N) is 1. The molecule has 8 heteroatoms. The number of piperazine rings is 1. The molecule has 0 aromatic heterocycles. The van der Waals surface area contributed by atoms with Gasteiger partial charge in [0.1, 0.15) is 0 Å². The van der Waals surface area contributed by atoms with Crippen molar-refractivity contribution in [2.24, 2.45) is 0 Å². The average molecular weight is 425 g/mol. The molecule has 0 unspecified atom stereocenters. The SMILES string of the molecule is CNC(=O)c1cccc([C@H]2CNCCN2CC(=O)Nc2ccc3c(c2)OCCCO3)c1. The van der Waals surface area contributed by atoms with Crippen molar-refractivity contribution in [3.63, 3.8) is 0 Å². The lowest BCUT2D eigenvalue weighted by Gasteiger charge is -2.36. The number of anilines is 1. The summed E-state index contributed by atoms with van der Waals surface area (Å²) >= 11 is 0. The van der Waals surface area contributed by atoms with Crippen molar-refractivity contribution in [2.45, 2.75) is 12.5 Å². The van der Waals surface area contributed by atoms with Crippen molar-refractivity contribution in [2.75, 3.05) is 51.8 Å². The second-order valence-electron chi connectivity index (χ2n) is 7.66. The summed E-state index contributed by atoms with van der Waals surface area (Å²) in [5, 5.41) is 9.01. The van der Waals surface area contributed by atoms with Crippen LogP contribution in [-0.4, -0.2) is 63.2 Å². The van der Waals surface area contributed by atoms with Crippen LogP contribution in [0.15, 0.2) is 42.5 Å². The van der Waals surface area contributed by atoms with E-state index >= 15 is 0 Å². The molecule has 1 saturated heterocycles. The van der Waals surface area contributed by atoms with Crippen molar-refractivity contribution >= 4 is 17.5 Å². The highest BCUT2D eigenvalue weighted by Gasteiger charge is 2.26. The zero-order valence-electron chi connectivity index (χ0n) is 17.6. The standard InChI is InChI=1S/C23H28N4O4/c1-24-23(29)17-5-2-4-16(12-17)19-14-25-8-9-27(19)15-22(28)26-18-6-7-20-21(13-18)31-11-3-10-30-20/h2,4-7,12-13,19,25H,3,8-11,14-15H2,1H3,(H,24,29)(H,26,28)/t19-/m1/s1. The van der Waals surface area contributed by atoms with Crippen LogP contribution >= 0.6 is 0 Å². The van der Waals surface area contributed by atoms with E-state index in [1.165, 1.54) is 0 Å². The second-order valence-corrected chi connectivity index (χ2v) is 7.66. The molecule has 0 spiro atoms. The summed E-state index contributed by atoms with van der Waals surface area (Å²) in [5.41, 5.74) is 2.31. The van der Waals surface area contributed by atoms with E-state index < -0.39 is 0 Å². The van der Waals surface area contributed by atoms with Gasteiger partial charge < -0.3 is 25.4 Å². The first-order valence-electron chi connectivity index (χ1n) is 10.6. The molecule has 164 valence electrons. The second kappa shape index (κ2) is 9.80. The summed E-state index contributed by atoms with van der Waals surface area (Å²) in [6.07, 6.45) is 0.835. The van der Waals surface area contributed by atoms with E-state index in [4.69, 9.17) is 9.47 Å². The van der Waals surface area contributed by atoms with Gasteiger partial charge in [-0.15, -0.1) is 0 Å². The van der Waals surface area contributed by atoms with E-state index in [0.717, 1.165) is 25.1 Å². The third-order valence-corrected chi connectivity index (χ3v) is 5.49. The van der Waals surface area contributed by atoms with Crippen molar-refractivity contribution in [3.8, 4) is 11.5 Å². The number of amides is 2. The molecule has 8 nitrogen and oxygen atoms in total. The first-order valence-corrected chi connectivity index (χ1v) is 10.6. The molecule has 0 aliphatic carbocycles. The number of hydrogen-bond acceptors (Lipinski definition) is 6. The van der Waals surface area contributed by atoms with Crippen molar-refractivity contribution in [3.05, 3.63) is 53.6 Å². The fourth-order valence-electron chi connectivity index (χ4n) is 3.92. The van der Waals surface area contributed by atoms with Crippen LogP contribution in [0.4, 0.5) is 5.69 Å². The molecule has 3 N–H and O–H groups in total. The Labute approximate surface area is 181 Å². The Hall–Kier alpha value is -3.10. The Bertz CT molecular complexity index is 949. The first kappa shape index (κ1) is 21.1. The Morgan fingerprint density at radius 3 is 2.81 bits per heavy atom. The summed E-state index contributed by atoms with van der Waals surface area (Å²) < 4.78 is 11.4. The van der Waals surface area contributed by atoms with E-state index in [-0.39, 0.29) is 24.4 Å². The molecular formula is C23H28N4O4. The molecule has 4 rings (SSSR count). The van der Waals surface area contributed by atoms with Crippen LogP contribution in [0, 0.1) is 0 Å². The summed E-state index contributed by atoms with van der Waals surface area (Å²) in [6, 6.07) is 13.0. The molecule has 2 aliphatic heterocycles. The Morgan fingerprint density at radius 2 is 1.97 bits per heavy atom. The monoisotopic (exact) mass is 424 g/mol.